The number of aryl methyl sites for hydroxylation is 2. The van der Waals surface area contributed by atoms with Crippen molar-refractivity contribution in [3.05, 3.63) is 30.2 Å². The van der Waals surface area contributed by atoms with Crippen molar-refractivity contribution in [2.24, 2.45) is 7.05 Å². The molecule has 0 unspecified atom stereocenters. The van der Waals surface area contributed by atoms with Gasteiger partial charge in [0.2, 0.25) is 0 Å². The van der Waals surface area contributed by atoms with Gasteiger partial charge in [0.05, 0.1) is 30.2 Å². The van der Waals surface area contributed by atoms with Crippen LogP contribution in [0.4, 0.5) is 0 Å². The van der Waals surface area contributed by atoms with Crippen LogP contribution >= 0.6 is 11.3 Å². The second-order valence-corrected chi connectivity index (χ2v) is 5.12. The number of hydrogen-bond acceptors (Lipinski definition) is 4. The molecule has 3 aromatic rings. The van der Waals surface area contributed by atoms with Gasteiger partial charge in [0.15, 0.2) is 5.06 Å². The molecule has 5 heteroatoms. The highest BCUT2D eigenvalue weighted by Gasteiger charge is 2.10. The molecule has 1 aromatic carbocycles. The van der Waals surface area contributed by atoms with Gasteiger partial charge >= 0.3 is 0 Å². The van der Waals surface area contributed by atoms with Gasteiger partial charge in [-0.2, -0.15) is 0 Å². The van der Waals surface area contributed by atoms with Crippen LogP contribution in [0.5, 0.6) is 5.06 Å². The summed E-state index contributed by atoms with van der Waals surface area (Å²) in [5.41, 5.74) is 4.12. The number of methoxy groups -OCH3 is 1. The number of thiazole rings is 1. The van der Waals surface area contributed by atoms with E-state index in [-0.39, 0.29) is 0 Å². The first-order valence-electron chi connectivity index (χ1n) is 5.62. The van der Waals surface area contributed by atoms with Gasteiger partial charge in [-0.05, 0) is 25.1 Å². The van der Waals surface area contributed by atoms with E-state index in [1.54, 1.807) is 18.4 Å². The Morgan fingerprint density at radius 1 is 1.33 bits per heavy atom. The molecular weight excluding hydrogens is 246 g/mol. The van der Waals surface area contributed by atoms with Gasteiger partial charge in [-0.25, -0.2) is 9.97 Å². The second kappa shape index (κ2) is 4.10. The molecule has 0 saturated carbocycles. The van der Waals surface area contributed by atoms with E-state index in [1.807, 2.05) is 24.9 Å². The lowest BCUT2D eigenvalue weighted by Gasteiger charge is -1.97. The highest BCUT2D eigenvalue weighted by Crippen LogP contribution is 2.34. The Morgan fingerprint density at radius 2 is 2.17 bits per heavy atom. The summed E-state index contributed by atoms with van der Waals surface area (Å²) in [5.74, 6) is 0. The first-order valence-corrected chi connectivity index (χ1v) is 6.43. The Hall–Kier alpha value is -1.88. The van der Waals surface area contributed by atoms with Crippen LogP contribution in [-0.2, 0) is 7.05 Å². The van der Waals surface area contributed by atoms with E-state index in [0.29, 0.717) is 0 Å². The van der Waals surface area contributed by atoms with Crippen LogP contribution in [0.3, 0.4) is 0 Å². The molecule has 0 aliphatic carbocycles. The molecule has 0 aliphatic rings. The zero-order chi connectivity index (χ0) is 12.7. The van der Waals surface area contributed by atoms with Crippen LogP contribution in [0.15, 0.2) is 24.5 Å². The van der Waals surface area contributed by atoms with Gasteiger partial charge in [-0.15, -0.1) is 0 Å². The minimum absolute atomic E-state index is 0.867. The van der Waals surface area contributed by atoms with Crippen LogP contribution in [0.25, 0.3) is 21.6 Å². The fourth-order valence-electron chi connectivity index (χ4n) is 1.96. The topological polar surface area (TPSA) is 39.9 Å². The van der Waals surface area contributed by atoms with Gasteiger partial charge in [0.25, 0.3) is 0 Å². The fourth-order valence-corrected chi connectivity index (χ4v) is 2.84. The average Bonchev–Trinajstić information content (AvgIpc) is 2.93. The fraction of sp³-hybridized carbons (Fsp3) is 0.231. The van der Waals surface area contributed by atoms with Gasteiger partial charge < -0.3 is 9.30 Å². The van der Waals surface area contributed by atoms with Crippen LogP contribution in [-0.4, -0.2) is 21.6 Å². The molecule has 3 rings (SSSR count). The van der Waals surface area contributed by atoms with Crippen LogP contribution in [0, 0.1) is 6.92 Å². The Bertz CT molecular complexity index is 714. The monoisotopic (exact) mass is 259 g/mol. The van der Waals surface area contributed by atoms with Crippen molar-refractivity contribution < 1.29 is 4.74 Å². The molecule has 2 heterocycles. The molecular formula is C13H13N3OS. The molecule has 0 bridgehead atoms. The zero-order valence-corrected chi connectivity index (χ0v) is 11.3. The first kappa shape index (κ1) is 11.2. The minimum Gasteiger partial charge on any atom is -0.486 e. The number of ether oxygens (including phenoxy) is 1. The van der Waals surface area contributed by atoms with Crippen molar-refractivity contribution in [2.75, 3.05) is 7.11 Å². The molecule has 0 N–H and O–H groups in total. The normalized spacial score (nSPS) is 11.1. The van der Waals surface area contributed by atoms with E-state index in [2.05, 4.69) is 28.2 Å². The van der Waals surface area contributed by atoms with Crippen LogP contribution in [0.1, 0.15) is 5.69 Å². The summed E-state index contributed by atoms with van der Waals surface area (Å²) in [6, 6.07) is 6.20. The van der Waals surface area contributed by atoms with E-state index < -0.39 is 0 Å². The van der Waals surface area contributed by atoms with E-state index >= 15 is 0 Å². The number of imidazole rings is 1. The van der Waals surface area contributed by atoms with Crippen molar-refractivity contribution in [1.82, 2.24) is 14.5 Å². The summed E-state index contributed by atoms with van der Waals surface area (Å²) in [7, 11) is 3.66. The van der Waals surface area contributed by atoms with Crippen molar-refractivity contribution in [3.8, 4) is 15.6 Å². The van der Waals surface area contributed by atoms with E-state index in [9.17, 15) is 0 Å². The quantitative estimate of drug-likeness (QED) is 0.710. The van der Waals surface area contributed by atoms with Crippen molar-refractivity contribution in [3.63, 3.8) is 0 Å². The molecule has 0 fully saturated rings. The lowest BCUT2D eigenvalue weighted by atomic mass is 10.2. The number of rotatable bonds is 2. The predicted molar refractivity (Wildman–Crippen MR) is 73.1 cm³/mol. The Balaban J connectivity index is 2.12. The predicted octanol–water partition coefficient (Wildman–Crippen LogP) is 3.01. The number of nitrogens with zero attached hydrogens (tertiary/aromatic N) is 3. The first-order chi connectivity index (χ1) is 8.69. The van der Waals surface area contributed by atoms with Gasteiger partial charge in [0, 0.05) is 12.6 Å². The Labute approximate surface area is 109 Å². The second-order valence-electron chi connectivity index (χ2n) is 4.15. The molecule has 0 saturated heterocycles. The maximum Gasteiger partial charge on any atom is 0.197 e. The molecule has 18 heavy (non-hydrogen) atoms. The van der Waals surface area contributed by atoms with E-state index in [0.717, 1.165) is 32.4 Å². The van der Waals surface area contributed by atoms with Crippen LogP contribution in [0.2, 0.25) is 0 Å². The Morgan fingerprint density at radius 3 is 2.89 bits per heavy atom. The summed E-state index contributed by atoms with van der Waals surface area (Å²) in [6.45, 7) is 1.96. The average molecular weight is 259 g/mol. The summed E-state index contributed by atoms with van der Waals surface area (Å²) >= 11 is 1.56. The number of fused-ring (bicyclic) bond motifs is 1. The molecule has 0 radical (unpaired) electrons. The van der Waals surface area contributed by atoms with Gasteiger partial charge in [0.1, 0.15) is 5.01 Å². The highest BCUT2D eigenvalue weighted by atomic mass is 32.1. The van der Waals surface area contributed by atoms with E-state index in [1.165, 1.54) is 0 Å². The van der Waals surface area contributed by atoms with Crippen molar-refractivity contribution in [1.29, 1.82) is 0 Å². The third-order valence-corrected chi connectivity index (χ3v) is 4.08. The smallest absolute Gasteiger partial charge is 0.197 e. The molecule has 92 valence electrons. The largest absolute Gasteiger partial charge is 0.486 e. The lowest BCUT2D eigenvalue weighted by molar-refractivity contribution is 0.423. The van der Waals surface area contributed by atoms with Crippen molar-refractivity contribution in [2.45, 2.75) is 6.92 Å². The summed E-state index contributed by atoms with van der Waals surface area (Å²) in [4.78, 5) is 8.89. The zero-order valence-electron chi connectivity index (χ0n) is 10.5. The van der Waals surface area contributed by atoms with Crippen LogP contribution < -0.4 is 4.74 Å². The summed E-state index contributed by atoms with van der Waals surface area (Å²) < 4.78 is 7.28. The number of aromatic nitrogens is 3. The maximum absolute atomic E-state index is 5.27. The van der Waals surface area contributed by atoms with Gasteiger partial charge in [-0.3, -0.25) is 0 Å². The molecule has 0 spiro atoms. The lowest BCUT2D eigenvalue weighted by Crippen LogP contribution is -1.83. The maximum atomic E-state index is 5.27. The number of benzene rings is 1. The summed E-state index contributed by atoms with van der Waals surface area (Å²) in [5, 5.41) is 1.84. The minimum atomic E-state index is 0.867. The SMILES string of the molecule is COc1sc(-c2ccc3c(c2)ncn3C)nc1C. The van der Waals surface area contributed by atoms with Crippen molar-refractivity contribution >= 4 is 22.4 Å². The molecule has 0 amide bonds. The third kappa shape index (κ3) is 1.67. The number of hydrogen-bond donors (Lipinski definition) is 0. The van der Waals surface area contributed by atoms with Gasteiger partial charge in [-0.1, -0.05) is 11.3 Å². The van der Waals surface area contributed by atoms with E-state index in [4.69, 9.17) is 4.74 Å². The molecule has 4 nitrogen and oxygen atoms in total. The standard InChI is InChI=1S/C13H13N3OS/c1-8-13(17-3)18-12(15-8)9-4-5-11-10(6-9)14-7-16(11)2/h4-7H,1-3H3. The summed E-state index contributed by atoms with van der Waals surface area (Å²) in [6.07, 6.45) is 1.82. The Kier molecular flexibility index (Phi) is 2.56. The molecule has 0 aliphatic heterocycles. The third-order valence-electron chi connectivity index (χ3n) is 2.91. The molecule has 2 aromatic heterocycles. The highest BCUT2D eigenvalue weighted by molar-refractivity contribution is 7.17. The molecule has 0 atom stereocenters.